The quantitative estimate of drug-likeness (QED) is 0.506. The number of carboxylic acid groups (broad SMARTS) is 1. The number of nitrogens with one attached hydrogen (secondary N) is 1. The van der Waals surface area contributed by atoms with Crippen molar-refractivity contribution >= 4 is 51.3 Å². The summed E-state index contributed by atoms with van der Waals surface area (Å²) in [5, 5.41) is 11.9. The number of aromatic nitrogens is 3. The molecule has 0 unspecified atom stereocenters. The number of nitrogen functional groups attached to an aromatic ring is 1. The molecule has 178 valence electrons. The van der Waals surface area contributed by atoms with Crippen molar-refractivity contribution in [1.29, 1.82) is 0 Å². The van der Waals surface area contributed by atoms with Crippen molar-refractivity contribution < 1.29 is 19.4 Å². The first-order valence-corrected chi connectivity index (χ1v) is 11.7. The molecule has 3 amide bonds. The first kappa shape index (κ1) is 21.9. The topological polar surface area (TPSA) is 150 Å². The van der Waals surface area contributed by atoms with E-state index in [1.807, 2.05) is 13.0 Å². The molecule has 0 spiro atoms. The van der Waals surface area contributed by atoms with Crippen LogP contribution in [0, 0.1) is 6.92 Å². The van der Waals surface area contributed by atoms with E-state index >= 15 is 0 Å². The van der Waals surface area contributed by atoms with Crippen molar-refractivity contribution in [3.8, 4) is 5.75 Å². The highest BCUT2D eigenvalue weighted by Crippen LogP contribution is 2.28. The number of nitrogens with two attached hydrogens (primary N) is 1. The van der Waals surface area contributed by atoms with Crippen molar-refractivity contribution in [2.45, 2.75) is 13.0 Å². The summed E-state index contributed by atoms with van der Waals surface area (Å²) < 4.78 is 5.82. The van der Waals surface area contributed by atoms with Crippen LogP contribution in [0.3, 0.4) is 0 Å². The third-order valence-electron chi connectivity index (χ3n) is 5.92. The summed E-state index contributed by atoms with van der Waals surface area (Å²) in [6.07, 6.45) is -1.09. The second-order valence-electron chi connectivity index (χ2n) is 8.22. The molecule has 13 heteroatoms. The number of thiazole rings is 1. The van der Waals surface area contributed by atoms with E-state index in [4.69, 9.17) is 15.6 Å². The summed E-state index contributed by atoms with van der Waals surface area (Å²) in [5.41, 5.74) is 9.87. The fourth-order valence-corrected chi connectivity index (χ4v) is 4.67. The highest BCUT2D eigenvalue weighted by Gasteiger charge is 2.32. The lowest BCUT2D eigenvalue weighted by atomic mass is 10.1. The molecule has 0 saturated carbocycles. The van der Waals surface area contributed by atoms with E-state index in [1.165, 1.54) is 16.2 Å². The van der Waals surface area contributed by atoms with Gasteiger partial charge >= 0.3 is 12.1 Å². The molecule has 2 saturated heterocycles. The molecule has 2 aromatic heterocycles. The van der Waals surface area contributed by atoms with Gasteiger partial charge in [0.2, 0.25) is 5.95 Å². The molecule has 5 rings (SSSR count). The summed E-state index contributed by atoms with van der Waals surface area (Å²) in [4.78, 5) is 42.6. The number of benzene rings is 1. The van der Waals surface area contributed by atoms with Gasteiger partial charge in [-0.2, -0.15) is 4.98 Å². The molecule has 3 aromatic rings. The maximum atomic E-state index is 12.9. The Kier molecular flexibility index (Phi) is 5.69. The lowest BCUT2D eigenvalue weighted by molar-refractivity contribution is 0.0252. The molecule has 2 aliphatic rings. The number of piperazine rings is 1. The molecule has 12 nitrogen and oxygen atoms in total. The van der Waals surface area contributed by atoms with Crippen molar-refractivity contribution in [3.63, 3.8) is 0 Å². The third kappa shape index (κ3) is 4.33. The Morgan fingerprint density at radius 3 is 2.65 bits per heavy atom. The number of hydrogen-bond donors (Lipinski definition) is 3. The summed E-state index contributed by atoms with van der Waals surface area (Å²) in [6.45, 7) is 4.88. The average Bonchev–Trinajstić information content (AvgIpc) is 3.25. The number of hydrogen-bond acceptors (Lipinski definition) is 9. The van der Waals surface area contributed by atoms with Crippen LogP contribution in [-0.2, 0) is 0 Å². The Morgan fingerprint density at radius 1 is 1.18 bits per heavy atom. The number of rotatable bonds is 4. The Hall–Kier alpha value is -3.87. The Morgan fingerprint density at radius 2 is 1.94 bits per heavy atom. The maximum absolute atomic E-state index is 12.9. The summed E-state index contributed by atoms with van der Waals surface area (Å²) in [5.74, 6) is 1.57. The van der Waals surface area contributed by atoms with Gasteiger partial charge in [-0.15, -0.1) is 11.3 Å². The Labute approximate surface area is 199 Å². The van der Waals surface area contributed by atoms with E-state index in [-0.39, 0.29) is 18.1 Å². The zero-order valence-corrected chi connectivity index (χ0v) is 19.3. The van der Waals surface area contributed by atoms with E-state index in [0.717, 1.165) is 15.9 Å². The number of urea groups is 1. The van der Waals surface area contributed by atoms with Crippen molar-refractivity contribution in [2.75, 3.05) is 55.2 Å². The van der Waals surface area contributed by atoms with Crippen LogP contribution in [0.25, 0.3) is 10.3 Å². The highest BCUT2D eigenvalue weighted by atomic mass is 32.1. The molecule has 2 fully saturated rings. The molecule has 4 N–H and O–H groups in total. The molecule has 4 heterocycles. The fourth-order valence-electron chi connectivity index (χ4n) is 4.01. The number of likely N-dealkylation sites (tertiary alicyclic amines) is 1. The third-order valence-corrected chi connectivity index (χ3v) is 6.64. The SMILES string of the molecule is Cc1cc(OC2CN(C(=O)O)C2)ccc1NC(=O)N1CCN(c2nc(N)nc3scnc23)CC1. The van der Waals surface area contributed by atoms with Gasteiger partial charge in [0, 0.05) is 31.9 Å². The van der Waals surface area contributed by atoms with E-state index in [2.05, 4.69) is 25.2 Å². The molecular weight excluding hydrogens is 460 g/mol. The number of fused-ring (bicyclic) bond motifs is 1. The maximum Gasteiger partial charge on any atom is 0.407 e. The van der Waals surface area contributed by atoms with Gasteiger partial charge in [0.05, 0.1) is 18.6 Å². The number of nitrogens with zero attached hydrogens (tertiary/aromatic N) is 6. The van der Waals surface area contributed by atoms with E-state index in [9.17, 15) is 9.59 Å². The second-order valence-corrected chi connectivity index (χ2v) is 9.05. The minimum absolute atomic E-state index is 0.150. The Bertz CT molecular complexity index is 1240. The van der Waals surface area contributed by atoms with E-state index in [0.29, 0.717) is 56.5 Å². The second kappa shape index (κ2) is 8.82. The van der Waals surface area contributed by atoms with Crippen LogP contribution in [0.1, 0.15) is 5.56 Å². The van der Waals surface area contributed by atoms with Gasteiger partial charge in [-0.1, -0.05) is 0 Å². The normalized spacial score (nSPS) is 16.4. The Balaban J connectivity index is 1.16. The van der Waals surface area contributed by atoms with Gasteiger partial charge in [0.25, 0.3) is 0 Å². The number of anilines is 3. The number of carbonyl (C=O) groups is 2. The van der Waals surface area contributed by atoms with Gasteiger partial charge in [-0.05, 0) is 30.7 Å². The summed E-state index contributed by atoms with van der Waals surface area (Å²) >= 11 is 1.42. The smallest absolute Gasteiger partial charge is 0.407 e. The van der Waals surface area contributed by atoms with E-state index in [1.54, 1.807) is 22.5 Å². The van der Waals surface area contributed by atoms with Crippen LogP contribution in [-0.4, -0.2) is 87.4 Å². The van der Waals surface area contributed by atoms with Crippen LogP contribution in [0.5, 0.6) is 5.75 Å². The molecule has 2 aliphatic heterocycles. The molecule has 0 atom stereocenters. The lowest BCUT2D eigenvalue weighted by Crippen LogP contribution is -2.55. The number of carbonyl (C=O) groups excluding carboxylic acids is 1. The van der Waals surface area contributed by atoms with Crippen LogP contribution in [0.15, 0.2) is 23.7 Å². The summed E-state index contributed by atoms with van der Waals surface area (Å²) in [6, 6.07) is 5.25. The van der Waals surface area contributed by atoms with Gasteiger partial charge in [0.15, 0.2) is 10.6 Å². The minimum Gasteiger partial charge on any atom is -0.487 e. The van der Waals surface area contributed by atoms with Gasteiger partial charge in [0.1, 0.15) is 17.4 Å². The number of amides is 3. The predicted octanol–water partition coefficient (Wildman–Crippen LogP) is 2.07. The van der Waals surface area contributed by atoms with Gasteiger partial charge < -0.3 is 35.6 Å². The van der Waals surface area contributed by atoms with E-state index < -0.39 is 6.09 Å². The first-order valence-electron chi connectivity index (χ1n) is 10.8. The first-order chi connectivity index (χ1) is 16.4. The summed E-state index contributed by atoms with van der Waals surface area (Å²) in [7, 11) is 0. The molecule has 0 radical (unpaired) electrons. The fraction of sp³-hybridized carbons (Fsp3) is 0.381. The average molecular weight is 485 g/mol. The number of ether oxygens (including phenoxy) is 1. The van der Waals surface area contributed by atoms with Crippen LogP contribution < -0.4 is 20.7 Å². The zero-order chi connectivity index (χ0) is 23.8. The zero-order valence-electron chi connectivity index (χ0n) is 18.5. The molecular formula is C21H24N8O4S. The van der Waals surface area contributed by atoms with Gasteiger partial charge in [-0.25, -0.2) is 19.6 Å². The van der Waals surface area contributed by atoms with Crippen molar-refractivity contribution in [1.82, 2.24) is 24.8 Å². The minimum atomic E-state index is -0.937. The van der Waals surface area contributed by atoms with Gasteiger partial charge in [-0.3, -0.25) is 0 Å². The molecule has 0 bridgehead atoms. The van der Waals surface area contributed by atoms with Crippen LogP contribution >= 0.6 is 11.3 Å². The van der Waals surface area contributed by atoms with Crippen molar-refractivity contribution in [3.05, 3.63) is 29.3 Å². The monoisotopic (exact) mass is 484 g/mol. The molecule has 1 aromatic carbocycles. The van der Waals surface area contributed by atoms with Crippen molar-refractivity contribution in [2.24, 2.45) is 0 Å². The largest absolute Gasteiger partial charge is 0.487 e. The molecule has 34 heavy (non-hydrogen) atoms. The van der Waals surface area contributed by atoms with Crippen LogP contribution in [0.2, 0.25) is 0 Å². The number of aryl methyl sites for hydroxylation is 1. The lowest BCUT2D eigenvalue weighted by Gasteiger charge is -2.37. The highest BCUT2D eigenvalue weighted by molar-refractivity contribution is 7.16. The predicted molar refractivity (Wildman–Crippen MR) is 128 cm³/mol. The standard InChI is InChI=1S/C21H24N8O4S/c1-12-8-13(33-14-9-29(10-14)21(31)32)2-3-15(12)24-20(30)28-6-4-27(5-7-28)17-16-18(34-11-23-16)26-19(22)25-17/h2-3,8,11,14H,4-7,9-10H2,1H3,(H,24,30)(H,31,32)(H2,22,25,26). The van der Waals surface area contributed by atoms with Crippen LogP contribution in [0.4, 0.5) is 27.0 Å². The molecule has 0 aliphatic carbocycles.